The Kier molecular flexibility index (Phi) is 2.22. The summed E-state index contributed by atoms with van der Waals surface area (Å²) in [5, 5.41) is 14.1. The number of hydrogen-bond acceptors (Lipinski definition) is 4. The Labute approximate surface area is 96.7 Å². The zero-order chi connectivity index (χ0) is 11.1. The van der Waals surface area contributed by atoms with Crippen LogP contribution in [0.4, 0.5) is 0 Å². The lowest BCUT2D eigenvalue weighted by atomic mass is 10.1. The van der Waals surface area contributed by atoms with E-state index in [1.165, 1.54) is 0 Å². The molecule has 1 N–H and O–H groups in total. The molecule has 3 rings (SSSR count). The molecule has 84 valence electrons. The molecule has 0 bridgehead atoms. The van der Waals surface area contributed by atoms with E-state index in [1.807, 2.05) is 0 Å². The third kappa shape index (κ3) is 1.62. The van der Waals surface area contributed by atoms with E-state index in [0.29, 0.717) is 23.3 Å². The third-order valence-corrected chi connectivity index (χ3v) is 2.83. The van der Waals surface area contributed by atoms with Crippen LogP contribution in [0, 0.1) is 0 Å². The molecule has 1 unspecified atom stereocenters. The minimum atomic E-state index is -0.331. The van der Waals surface area contributed by atoms with Crippen LogP contribution in [0.3, 0.4) is 0 Å². The molecule has 0 fully saturated rings. The first-order valence-electron chi connectivity index (χ1n) is 5.10. The quantitative estimate of drug-likeness (QED) is 0.819. The molecule has 1 aliphatic heterocycles. The van der Waals surface area contributed by atoms with Gasteiger partial charge in [0.2, 0.25) is 5.82 Å². The molecule has 2 aromatic heterocycles. The van der Waals surface area contributed by atoms with Gasteiger partial charge in [0, 0.05) is 6.42 Å². The lowest BCUT2D eigenvalue weighted by Gasteiger charge is -2.16. The standard InChI is InChI=1S/C10H10ClN3O2/c11-8-3-2-7(16-8)10-12-9-4-1-6(15)5-14(9)13-10/h2-3,6,15H,1,4-5H2. The number of furan rings is 1. The molecule has 3 heterocycles. The molecule has 0 saturated carbocycles. The van der Waals surface area contributed by atoms with Crippen molar-refractivity contribution in [2.75, 3.05) is 0 Å². The van der Waals surface area contributed by atoms with Crippen molar-refractivity contribution in [1.29, 1.82) is 0 Å². The molecule has 2 aromatic rings. The minimum Gasteiger partial charge on any atom is -0.441 e. The zero-order valence-corrected chi connectivity index (χ0v) is 9.18. The predicted octanol–water partition coefficient (Wildman–Crippen LogP) is 1.50. The Balaban J connectivity index is 1.98. The van der Waals surface area contributed by atoms with Crippen LogP contribution < -0.4 is 0 Å². The number of nitrogens with zero attached hydrogens (tertiary/aromatic N) is 3. The van der Waals surface area contributed by atoms with Gasteiger partial charge in [-0.3, -0.25) is 0 Å². The third-order valence-electron chi connectivity index (χ3n) is 2.63. The van der Waals surface area contributed by atoms with Crippen LogP contribution in [0.25, 0.3) is 11.6 Å². The van der Waals surface area contributed by atoms with Gasteiger partial charge in [-0.25, -0.2) is 9.67 Å². The number of fused-ring (bicyclic) bond motifs is 1. The number of aryl methyl sites for hydroxylation is 1. The molecule has 6 heteroatoms. The highest BCUT2D eigenvalue weighted by Gasteiger charge is 2.21. The van der Waals surface area contributed by atoms with E-state index in [9.17, 15) is 5.11 Å². The monoisotopic (exact) mass is 239 g/mol. The Hall–Kier alpha value is -1.33. The highest BCUT2D eigenvalue weighted by Crippen LogP contribution is 2.23. The Bertz CT molecular complexity index is 520. The summed E-state index contributed by atoms with van der Waals surface area (Å²) in [5.74, 6) is 1.96. The van der Waals surface area contributed by atoms with Crippen molar-refractivity contribution in [2.45, 2.75) is 25.5 Å². The summed E-state index contributed by atoms with van der Waals surface area (Å²) in [7, 11) is 0. The van der Waals surface area contributed by atoms with Crippen molar-refractivity contribution in [3.8, 4) is 11.6 Å². The fourth-order valence-corrected chi connectivity index (χ4v) is 1.98. The van der Waals surface area contributed by atoms with Crippen LogP contribution in [-0.4, -0.2) is 26.0 Å². The molecule has 0 radical (unpaired) electrons. The van der Waals surface area contributed by atoms with E-state index >= 15 is 0 Å². The number of rotatable bonds is 1. The van der Waals surface area contributed by atoms with E-state index in [-0.39, 0.29) is 6.10 Å². The highest BCUT2D eigenvalue weighted by atomic mass is 35.5. The molecule has 16 heavy (non-hydrogen) atoms. The summed E-state index contributed by atoms with van der Waals surface area (Å²) in [6, 6.07) is 3.39. The molecule has 5 nitrogen and oxygen atoms in total. The van der Waals surface area contributed by atoms with Gasteiger partial charge in [0.1, 0.15) is 5.82 Å². The van der Waals surface area contributed by atoms with Crippen LogP contribution in [0.5, 0.6) is 0 Å². The zero-order valence-electron chi connectivity index (χ0n) is 8.43. The minimum absolute atomic E-state index is 0.322. The van der Waals surface area contributed by atoms with Gasteiger partial charge in [-0.05, 0) is 30.2 Å². The van der Waals surface area contributed by atoms with Crippen LogP contribution in [-0.2, 0) is 13.0 Å². The summed E-state index contributed by atoms with van der Waals surface area (Å²) < 4.78 is 6.96. The highest BCUT2D eigenvalue weighted by molar-refractivity contribution is 6.28. The number of halogens is 1. The lowest BCUT2D eigenvalue weighted by molar-refractivity contribution is 0.124. The van der Waals surface area contributed by atoms with E-state index in [0.717, 1.165) is 18.7 Å². The summed E-state index contributed by atoms with van der Waals surface area (Å²) in [5.41, 5.74) is 0. The van der Waals surface area contributed by atoms with Crippen molar-refractivity contribution in [3.05, 3.63) is 23.2 Å². The lowest BCUT2D eigenvalue weighted by Crippen LogP contribution is -2.25. The summed E-state index contributed by atoms with van der Waals surface area (Å²) in [4.78, 5) is 4.36. The number of hydrogen-bond donors (Lipinski definition) is 1. The first kappa shape index (κ1) is 9.86. The summed E-state index contributed by atoms with van der Waals surface area (Å²) >= 11 is 5.69. The van der Waals surface area contributed by atoms with Gasteiger partial charge >= 0.3 is 0 Å². The average molecular weight is 240 g/mol. The first-order chi connectivity index (χ1) is 7.72. The fraction of sp³-hybridized carbons (Fsp3) is 0.400. The van der Waals surface area contributed by atoms with Crippen LogP contribution in [0.2, 0.25) is 5.22 Å². The van der Waals surface area contributed by atoms with Crippen molar-refractivity contribution < 1.29 is 9.52 Å². The van der Waals surface area contributed by atoms with Gasteiger partial charge < -0.3 is 9.52 Å². The van der Waals surface area contributed by atoms with Gasteiger partial charge in [-0.1, -0.05) is 0 Å². The molecule has 0 saturated heterocycles. The van der Waals surface area contributed by atoms with Crippen LogP contribution in [0.15, 0.2) is 16.5 Å². The van der Waals surface area contributed by atoms with Crippen molar-refractivity contribution in [1.82, 2.24) is 14.8 Å². The molecule has 0 aliphatic carbocycles. The van der Waals surface area contributed by atoms with Gasteiger partial charge in [-0.15, -0.1) is 5.10 Å². The largest absolute Gasteiger partial charge is 0.441 e. The Morgan fingerprint density at radius 3 is 3.12 bits per heavy atom. The smallest absolute Gasteiger partial charge is 0.217 e. The first-order valence-corrected chi connectivity index (χ1v) is 5.47. The van der Waals surface area contributed by atoms with Crippen LogP contribution >= 0.6 is 11.6 Å². The molecular formula is C10H10ClN3O2. The second-order valence-electron chi connectivity index (χ2n) is 3.83. The van der Waals surface area contributed by atoms with E-state index < -0.39 is 0 Å². The topological polar surface area (TPSA) is 64.1 Å². The fourth-order valence-electron chi connectivity index (χ4n) is 1.83. The van der Waals surface area contributed by atoms with Gasteiger partial charge in [0.25, 0.3) is 0 Å². The van der Waals surface area contributed by atoms with Crippen molar-refractivity contribution in [3.63, 3.8) is 0 Å². The molecule has 0 aromatic carbocycles. The second kappa shape index (κ2) is 3.61. The maximum Gasteiger partial charge on any atom is 0.217 e. The Morgan fingerprint density at radius 2 is 2.38 bits per heavy atom. The van der Waals surface area contributed by atoms with Crippen molar-refractivity contribution >= 4 is 11.6 Å². The number of aromatic nitrogens is 3. The molecule has 0 spiro atoms. The molecular weight excluding hydrogens is 230 g/mol. The van der Waals surface area contributed by atoms with E-state index in [4.69, 9.17) is 16.0 Å². The summed E-state index contributed by atoms with van der Waals surface area (Å²) in [6.07, 6.45) is 1.14. The van der Waals surface area contributed by atoms with Gasteiger partial charge in [0.05, 0.1) is 12.6 Å². The van der Waals surface area contributed by atoms with Crippen molar-refractivity contribution in [2.24, 2.45) is 0 Å². The van der Waals surface area contributed by atoms with E-state index in [2.05, 4.69) is 10.1 Å². The van der Waals surface area contributed by atoms with Crippen LogP contribution in [0.1, 0.15) is 12.2 Å². The Morgan fingerprint density at radius 1 is 1.50 bits per heavy atom. The predicted molar refractivity (Wildman–Crippen MR) is 57.1 cm³/mol. The average Bonchev–Trinajstić information content (AvgIpc) is 2.83. The number of aliphatic hydroxyl groups is 1. The molecule has 0 amide bonds. The van der Waals surface area contributed by atoms with Gasteiger partial charge in [0.15, 0.2) is 11.0 Å². The normalized spacial score (nSPS) is 19.8. The summed E-state index contributed by atoms with van der Waals surface area (Å²) in [6.45, 7) is 0.497. The maximum atomic E-state index is 9.51. The maximum absolute atomic E-state index is 9.51. The molecule has 1 atom stereocenters. The van der Waals surface area contributed by atoms with E-state index in [1.54, 1.807) is 16.8 Å². The SMILES string of the molecule is OC1CCc2nc(-c3ccc(Cl)o3)nn2C1. The van der Waals surface area contributed by atoms with Gasteiger partial charge in [-0.2, -0.15) is 0 Å². The second-order valence-corrected chi connectivity index (χ2v) is 4.20. The molecule has 1 aliphatic rings. The number of aliphatic hydroxyl groups excluding tert-OH is 1.